The lowest BCUT2D eigenvalue weighted by atomic mass is 9.93. The fourth-order valence-electron chi connectivity index (χ4n) is 1.74. The van der Waals surface area contributed by atoms with Crippen molar-refractivity contribution in [1.29, 1.82) is 0 Å². The summed E-state index contributed by atoms with van der Waals surface area (Å²) in [6.07, 6.45) is 2.11. The SMILES string of the molecule is CCCCC(C(=O)O)c1ccc(OC)cc1F. The van der Waals surface area contributed by atoms with E-state index >= 15 is 0 Å². The minimum Gasteiger partial charge on any atom is -0.497 e. The predicted molar refractivity (Wildman–Crippen MR) is 62.9 cm³/mol. The summed E-state index contributed by atoms with van der Waals surface area (Å²) in [5.74, 6) is -1.89. The molecule has 0 aliphatic carbocycles. The highest BCUT2D eigenvalue weighted by Crippen LogP contribution is 2.27. The van der Waals surface area contributed by atoms with Crippen LogP contribution in [0.1, 0.15) is 37.7 Å². The number of carbonyl (C=O) groups is 1. The smallest absolute Gasteiger partial charge is 0.311 e. The fraction of sp³-hybridized carbons (Fsp3) is 0.462. The van der Waals surface area contributed by atoms with Crippen molar-refractivity contribution in [2.45, 2.75) is 32.1 Å². The number of benzene rings is 1. The minimum absolute atomic E-state index is 0.228. The number of rotatable bonds is 6. The molecule has 0 aromatic heterocycles. The number of hydrogen-bond acceptors (Lipinski definition) is 2. The van der Waals surface area contributed by atoms with E-state index in [2.05, 4.69) is 0 Å². The molecule has 0 radical (unpaired) electrons. The van der Waals surface area contributed by atoms with Gasteiger partial charge in [-0.15, -0.1) is 0 Å². The van der Waals surface area contributed by atoms with E-state index in [1.807, 2.05) is 6.92 Å². The summed E-state index contributed by atoms with van der Waals surface area (Å²) in [5, 5.41) is 9.11. The van der Waals surface area contributed by atoms with Gasteiger partial charge in [-0.3, -0.25) is 4.79 Å². The molecule has 0 aliphatic heterocycles. The number of carboxylic acids is 1. The van der Waals surface area contributed by atoms with Crippen LogP contribution in [0.15, 0.2) is 18.2 Å². The lowest BCUT2D eigenvalue weighted by molar-refractivity contribution is -0.139. The molecular formula is C13H17FO3. The zero-order valence-electron chi connectivity index (χ0n) is 10.1. The van der Waals surface area contributed by atoms with Crippen LogP contribution in [0.2, 0.25) is 0 Å². The molecule has 1 aromatic rings. The van der Waals surface area contributed by atoms with Gasteiger partial charge < -0.3 is 9.84 Å². The summed E-state index contributed by atoms with van der Waals surface area (Å²) in [4.78, 5) is 11.1. The molecule has 0 saturated carbocycles. The van der Waals surface area contributed by atoms with Crippen LogP contribution in [-0.4, -0.2) is 18.2 Å². The molecule has 0 spiro atoms. The molecule has 1 aromatic carbocycles. The van der Waals surface area contributed by atoms with Gasteiger partial charge in [0.1, 0.15) is 11.6 Å². The maximum Gasteiger partial charge on any atom is 0.311 e. The molecule has 17 heavy (non-hydrogen) atoms. The van der Waals surface area contributed by atoms with Gasteiger partial charge >= 0.3 is 5.97 Å². The van der Waals surface area contributed by atoms with Crippen molar-refractivity contribution in [3.8, 4) is 5.75 Å². The zero-order valence-corrected chi connectivity index (χ0v) is 10.1. The van der Waals surface area contributed by atoms with Crippen molar-refractivity contribution in [3.63, 3.8) is 0 Å². The van der Waals surface area contributed by atoms with Crippen LogP contribution in [0.3, 0.4) is 0 Å². The lowest BCUT2D eigenvalue weighted by Crippen LogP contribution is -2.13. The van der Waals surface area contributed by atoms with E-state index in [1.54, 1.807) is 6.07 Å². The van der Waals surface area contributed by atoms with E-state index in [0.29, 0.717) is 12.2 Å². The third-order valence-corrected chi connectivity index (χ3v) is 2.73. The standard InChI is InChI=1S/C13H17FO3/c1-3-4-5-11(13(15)16)10-7-6-9(17-2)8-12(10)14/h6-8,11H,3-5H2,1-2H3,(H,15,16). The van der Waals surface area contributed by atoms with Crippen LogP contribution in [0.4, 0.5) is 4.39 Å². The first-order chi connectivity index (χ1) is 8.10. The Morgan fingerprint density at radius 3 is 2.71 bits per heavy atom. The molecule has 0 aliphatic rings. The highest BCUT2D eigenvalue weighted by atomic mass is 19.1. The number of aliphatic carboxylic acids is 1. The van der Waals surface area contributed by atoms with E-state index in [-0.39, 0.29) is 5.56 Å². The van der Waals surface area contributed by atoms with Crippen LogP contribution in [0.25, 0.3) is 0 Å². The number of carboxylic acid groups (broad SMARTS) is 1. The second-order valence-electron chi connectivity index (χ2n) is 3.92. The third kappa shape index (κ3) is 3.44. The molecule has 1 unspecified atom stereocenters. The Labute approximate surface area is 100 Å². The number of hydrogen-bond donors (Lipinski definition) is 1. The van der Waals surface area contributed by atoms with E-state index in [4.69, 9.17) is 9.84 Å². The predicted octanol–water partition coefficient (Wildman–Crippen LogP) is 3.19. The average molecular weight is 240 g/mol. The van der Waals surface area contributed by atoms with E-state index in [9.17, 15) is 9.18 Å². The van der Waals surface area contributed by atoms with E-state index in [1.165, 1.54) is 19.2 Å². The van der Waals surface area contributed by atoms with Crippen molar-refractivity contribution in [2.75, 3.05) is 7.11 Å². The first-order valence-corrected chi connectivity index (χ1v) is 5.66. The largest absolute Gasteiger partial charge is 0.497 e. The zero-order chi connectivity index (χ0) is 12.8. The van der Waals surface area contributed by atoms with Gasteiger partial charge in [-0.2, -0.15) is 0 Å². The van der Waals surface area contributed by atoms with Gasteiger partial charge in [0, 0.05) is 11.6 Å². The summed E-state index contributed by atoms with van der Waals surface area (Å²) >= 11 is 0. The van der Waals surface area contributed by atoms with Gasteiger partial charge in [-0.05, 0) is 12.5 Å². The van der Waals surface area contributed by atoms with Crippen molar-refractivity contribution in [2.24, 2.45) is 0 Å². The van der Waals surface area contributed by atoms with Gasteiger partial charge in [0.15, 0.2) is 0 Å². The van der Waals surface area contributed by atoms with Crippen molar-refractivity contribution in [3.05, 3.63) is 29.6 Å². The molecule has 0 fully saturated rings. The molecular weight excluding hydrogens is 223 g/mol. The van der Waals surface area contributed by atoms with Crippen LogP contribution >= 0.6 is 0 Å². The molecule has 0 amide bonds. The Morgan fingerprint density at radius 2 is 2.24 bits per heavy atom. The Balaban J connectivity index is 2.97. The number of methoxy groups -OCH3 is 1. The number of unbranched alkanes of at least 4 members (excludes halogenated alkanes) is 1. The van der Waals surface area contributed by atoms with Crippen LogP contribution in [-0.2, 0) is 4.79 Å². The van der Waals surface area contributed by atoms with E-state index in [0.717, 1.165) is 12.8 Å². The summed E-state index contributed by atoms with van der Waals surface area (Å²) in [5.41, 5.74) is 0.228. The van der Waals surface area contributed by atoms with Crippen molar-refractivity contribution >= 4 is 5.97 Å². The molecule has 4 heteroatoms. The maximum absolute atomic E-state index is 13.7. The summed E-state index contributed by atoms with van der Waals surface area (Å²) in [7, 11) is 1.44. The fourth-order valence-corrected chi connectivity index (χ4v) is 1.74. The Bertz CT molecular complexity index is 390. The second-order valence-corrected chi connectivity index (χ2v) is 3.92. The van der Waals surface area contributed by atoms with Gasteiger partial charge in [0.05, 0.1) is 13.0 Å². The molecule has 3 nitrogen and oxygen atoms in total. The molecule has 0 heterocycles. The highest BCUT2D eigenvalue weighted by molar-refractivity contribution is 5.76. The second kappa shape index (κ2) is 6.23. The summed E-state index contributed by atoms with van der Waals surface area (Å²) in [6.45, 7) is 1.98. The molecule has 1 N–H and O–H groups in total. The Kier molecular flexibility index (Phi) is 4.94. The van der Waals surface area contributed by atoms with Gasteiger partial charge in [-0.1, -0.05) is 25.8 Å². The van der Waals surface area contributed by atoms with Gasteiger partial charge in [-0.25, -0.2) is 4.39 Å². The minimum atomic E-state index is -0.984. The molecule has 0 saturated heterocycles. The van der Waals surface area contributed by atoms with Gasteiger partial charge in [0.2, 0.25) is 0 Å². The maximum atomic E-state index is 13.7. The first kappa shape index (κ1) is 13.5. The van der Waals surface area contributed by atoms with Gasteiger partial charge in [0.25, 0.3) is 0 Å². The highest BCUT2D eigenvalue weighted by Gasteiger charge is 2.22. The van der Waals surface area contributed by atoms with Crippen LogP contribution in [0.5, 0.6) is 5.75 Å². The Morgan fingerprint density at radius 1 is 1.53 bits per heavy atom. The number of halogens is 1. The Hall–Kier alpha value is -1.58. The van der Waals surface area contributed by atoms with Crippen LogP contribution < -0.4 is 4.74 Å². The summed E-state index contributed by atoms with van der Waals surface area (Å²) < 4.78 is 18.6. The molecule has 94 valence electrons. The van der Waals surface area contributed by atoms with Crippen molar-refractivity contribution in [1.82, 2.24) is 0 Å². The summed E-state index contributed by atoms with van der Waals surface area (Å²) in [6, 6.07) is 4.29. The topological polar surface area (TPSA) is 46.5 Å². The molecule has 1 atom stereocenters. The lowest BCUT2D eigenvalue weighted by Gasteiger charge is -2.13. The first-order valence-electron chi connectivity index (χ1n) is 5.66. The normalized spacial score (nSPS) is 12.2. The van der Waals surface area contributed by atoms with Crippen molar-refractivity contribution < 1.29 is 19.0 Å². The quantitative estimate of drug-likeness (QED) is 0.830. The molecule has 1 rings (SSSR count). The van der Waals surface area contributed by atoms with E-state index < -0.39 is 17.7 Å². The molecule has 0 bridgehead atoms. The average Bonchev–Trinajstić information content (AvgIpc) is 2.30. The third-order valence-electron chi connectivity index (χ3n) is 2.73. The van der Waals surface area contributed by atoms with Crippen LogP contribution in [0, 0.1) is 5.82 Å². The number of ether oxygens (including phenoxy) is 1. The monoisotopic (exact) mass is 240 g/mol.